The summed E-state index contributed by atoms with van der Waals surface area (Å²) in [6, 6.07) is 15.2. The van der Waals surface area contributed by atoms with Crippen molar-refractivity contribution in [2.45, 2.75) is 19.4 Å². The largest absolute Gasteiger partial charge is 0.368 e. The Kier molecular flexibility index (Phi) is 9.47. The predicted molar refractivity (Wildman–Crippen MR) is 169 cm³/mol. The summed E-state index contributed by atoms with van der Waals surface area (Å²) in [5.74, 6) is -7.01. The number of amides is 1. The first-order chi connectivity index (χ1) is 23.6. The van der Waals surface area contributed by atoms with E-state index in [0.29, 0.717) is 25.2 Å². The first-order valence-corrected chi connectivity index (χ1v) is 15.2. The van der Waals surface area contributed by atoms with Crippen LogP contribution in [0.4, 0.5) is 23.2 Å². The van der Waals surface area contributed by atoms with Gasteiger partial charge < -0.3 is 14.4 Å². The molecule has 1 amide bonds. The van der Waals surface area contributed by atoms with E-state index in [2.05, 4.69) is 10.1 Å². The lowest BCUT2D eigenvalue weighted by Crippen LogP contribution is -2.51. The molecule has 2 aromatic heterocycles. The summed E-state index contributed by atoms with van der Waals surface area (Å²) >= 11 is 0. The molecule has 14 heteroatoms. The SMILES string of the molecule is O=C(CC(=O)c1cc(Cc2c(F)cc(F)cc2F)cn(Cc2ccccc2F)c1=O)C(=O)N1CCN(c2ccc(-n3cncn3)cc2)CC1. The van der Waals surface area contributed by atoms with Gasteiger partial charge in [0, 0.05) is 67.7 Å². The van der Waals surface area contributed by atoms with Crippen molar-refractivity contribution in [2.75, 3.05) is 31.1 Å². The van der Waals surface area contributed by atoms with E-state index in [-0.39, 0.29) is 30.8 Å². The first kappa shape index (κ1) is 33.0. The van der Waals surface area contributed by atoms with Gasteiger partial charge in [0.05, 0.1) is 24.2 Å². The second-order valence-corrected chi connectivity index (χ2v) is 11.5. The number of hydrogen-bond donors (Lipinski definition) is 0. The lowest BCUT2D eigenvalue weighted by molar-refractivity contribution is -0.144. The highest BCUT2D eigenvalue weighted by Gasteiger charge is 2.29. The molecule has 0 aliphatic carbocycles. The highest BCUT2D eigenvalue weighted by molar-refractivity contribution is 6.40. The average molecular weight is 673 g/mol. The van der Waals surface area contributed by atoms with Crippen LogP contribution in [-0.2, 0) is 22.6 Å². The lowest BCUT2D eigenvalue weighted by Gasteiger charge is -2.35. The zero-order valence-corrected chi connectivity index (χ0v) is 25.9. The molecular weight excluding hydrogens is 644 g/mol. The van der Waals surface area contributed by atoms with Crippen LogP contribution in [0, 0.1) is 23.3 Å². The molecule has 1 aliphatic rings. The van der Waals surface area contributed by atoms with E-state index < -0.39 is 70.3 Å². The number of hydrogen-bond acceptors (Lipinski definition) is 7. The van der Waals surface area contributed by atoms with E-state index in [0.717, 1.165) is 22.0 Å². The zero-order valence-electron chi connectivity index (χ0n) is 25.9. The Balaban J connectivity index is 1.17. The normalized spacial score (nSPS) is 13.1. The summed E-state index contributed by atoms with van der Waals surface area (Å²) in [5, 5.41) is 4.09. The fourth-order valence-corrected chi connectivity index (χ4v) is 5.69. The van der Waals surface area contributed by atoms with Crippen LogP contribution in [0.1, 0.15) is 33.5 Å². The molecule has 1 fully saturated rings. The maximum absolute atomic E-state index is 14.5. The van der Waals surface area contributed by atoms with Gasteiger partial charge in [-0.1, -0.05) is 18.2 Å². The summed E-state index contributed by atoms with van der Waals surface area (Å²) in [5.41, 5.74) is -0.0388. The fourth-order valence-electron chi connectivity index (χ4n) is 5.69. The number of carbonyl (C=O) groups excluding carboxylic acids is 3. The second-order valence-electron chi connectivity index (χ2n) is 11.5. The Morgan fingerprint density at radius 2 is 1.47 bits per heavy atom. The van der Waals surface area contributed by atoms with E-state index in [1.54, 1.807) is 17.1 Å². The summed E-state index contributed by atoms with van der Waals surface area (Å²) < 4.78 is 59.6. The van der Waals surface area contributed by atoms with Crippen LogP contribution in [-0.4, -0.2) is 67.9 Å². The molecular formula is C35H28F4N6O4. The molecule has 1 saturated heterocycles. The van der Waals surface area contributed by atoms with Crippen LogP contribution in [0.3, 0.4) is 0 Å². The van der Waals surface area contributed by atoms with Crippen molar-refractivity contribution in [1.82, 2.24) is 24.2 Å². The molecule has 250 valence electrons. The lowest BCUT2D eigenvalue weighted by atomic mass is 10.00. The summed E-state index contributed by atoms with van der Waals surface area (Å²) in [6.45, 7) is 0.935. The van der Waals surface area contributed by atoms with Gasteiger partial charge in [-0.05, 0) is 42.0 Å². The number of anilines is 1. The number of rotatable bonds is 10. The standard InChI is InChI=1S/C35H28F4N6O4/c36-24-15-30(38)27(31(39)16-24)13-22-14-28(34(48)44(18-22)19-23-3-1-2-4-29(23)37)32(46)17-33(47)35(49)43-11-9-42(10-12-43)25-5-7-26(8-6-25)45-21-40-20-41-45/h1-8,14-16,18,20-21H,9-13,17,19H2. The van der Waals surface area contributed by atoms with Crippen LogP contribution in [0.15, 0.2) is 90.4 Å². The van der Waals surface area contributed by atoms with Gasteiger partial charge in [-0.3, -0.25) is 19.2 Å². The minimum atomic E-state index is -1.18. The molecule has 0 atom stereocenters. The number of ketones is 2. The van der Waals surface area contributed by atoms with Crippen LogP contribution < -0.4 is 10.5 Å². The van der Waals surface area contributed by atoms with Crippen molar-refractivity contribution in [3.05, 3.63) is 141 Å². The minimum Gasteiger partial charge on any atom is -0.368 e. The molecule has 0 unspecified atom stereocenters. The summed E-state index contributed by atoms with van der Waals surface area (Å²) in [4.78, 5) is 60.2. The van der Waals surface area contributed by atoms with Gasteiger partial charge in [-0.25, -0.2) is 27.2 Å². The van der Waals surface area contributed by atoms with Gasteiger partial charge in [0.1, 0.15) is 35.9 Å². The fraction of sp³-hybridized carbons (Fsp3) is 0.200. The molecule has 0 radical (unpaired) electrons. The minimum absolute atomic E-state index is 0.0629. The average Bonchev–Trinajstić information content (AvgIpc) is 3.64. The molecule has 5 aromatic rings. The third-order valence-electron chi connectivity index (χ3n) is 8.25. The van der Waals surface area contributed by atoms with E-state index in [9.17, 15) is 36.7 Å². The van der Waals surface area contributed by atoms with Gasteiger partial charge in [-0.2, -0.15) is 5.10 Å². The maximum Gasteiger partial charge on any atom is 0.290 e. The van der Waals surface area contributed by atoms with Gasteiger partial charge in [0.25, 0.3) is 11.5 Å². The Morgan fingerprint density at radius 3 is 2.12 bits per heavy atom. The van der Waals surface area contributed by atoms with E-state index in [4.69, 9.17) is 0 Å². The Hall–Kier alpha value is -5.92. The number of halogens is 4. The van der Waals surface area contributed by atoms with Crippen LogP contribution >= 0.6 is 0 Å². The van der Waals surface area contributed by atoms with E-state index in [1.807, 2.05) is 29.2 Å². The quantitative estimate of drug-likeness (QED) is 0.0951. The van der Waals surface area contributed by atoms with Crippen molar-refractivity contribution in [3.63, 3.8) is 0 Å². The van der Waals surface area contributed by atoms with Crippen molar-refractivity contribution in [3.8, 4) is 5.69 Å². The number of pyridine rings is 1. The van der Waals surface area contributed by atoms with Crippen molar-refractivity contribution < 1.29 is 31.9 Å². The zero-order chi connectivity index (χ0) is 34.7. The number of piperazine rings is 1. The van der Waals surface area contributed by atoms with Gasteiger partial charge in [-0.15, -0.1) is 0 Å². The Bertz CT molecular complexity index is 2070. The first-order valence-electron chi connectivity index (χ1n) is 15.2. The molecule has 0 saturated carbocycles. The Labute approximate surface area is 276 Å². The highest BCUT2D eigenvalue weighted by atomic mass is 19.1. The van der Waals surface area contributed by atoms with Crippen molar-refractivity contribution in [1.29, 1.82) is 0 Å². The molecule has 0 bridgehead atoms. The molecule has 1 aliphatic heterocycles. The van der Waals surface area contributed by atoms with Gasteiger partial charge in [0.15, 0.2) is 5.78 Å². The summed E-state index contributed by atoms with van der Waals surface area (Å²) in [7, 11) is 0. The van der Waals surface area contributed by atoms with Crippen LogP contribution in [0.5, 0.6) is 0 Å². The van der Waals surface area contributed by atoms with Crippen LogP contribution in [0.25, 0.3) is 5.69 Å². The molecule has 3 aromatic carbocycles. The topological polar surface area (TPSA) is 110 Å². The molecule has 3 heterocycles. The van der Waals surface area contributed by atoms with Gasteiger partial charge >= 0.3 is 0 Å². The molecule has 10 nitrogen and oxygen atoms in total. The number of Topliss-reactive ketones (excluding diaryl/α,β-unsaturated/α-hetero) is 2. The number of nitrogens with zero attached hydrogens (tertiary/aromatic N) is 6. The molecule has 0 spiro atoms. The van der Waals surface area contributed by atoms with E-state index >= 15 is 0 Å². The highest BCUT2D eigenvalue weighted by Crippen LogP contribution is 2.21. The monoisotopic (exact) mass is 672 g/mol. The van der Waals surface area contributed by atoms with Crippen LogP contribution in [0.2, 0.25) is 0 Å². The Morgan fingerprint density at radius 1 is 0.796 bits per heavy atom. The third kappa shape index (κ3) is 7.32. The number of aromatic nitrogens is 4. The van der Waals surface area contributed by atoms with E-state index in [1.165, 1.54) is 35.6 Å². The maximum atomic E-state index is 14.5. The number of carbonyl (C=O) groups is 3. The van der Waals surface area contributed by atoms with Gasteiger partial charge in [0.2, 0.25) is 5.78 Å². The molecule has 6 rings (SSSR count). The third-order valence-corrected chi connectivity index (χ3v) is 8.25. The molecule has 0 N–H and O–H groups in total. The summed E-state index contributed by atoms with van der Waals surface area (Å²) in [6.07, 6.45) is 2.80. The predicted octanol–water partition coefficient (Wildman–Crippen LogP) is 4.12. The van der Waals surface area contributed by atoms with Crippen molar-refractivity contribution >= 4 is 23.2 Å². The van der Waals surface area contributed by atoms with Crippen molar-refractivity contribution in [2.24, 2.45) is 0 Å². The number of benzene rings is 3. The second kappa shape index (κ2) is 14.1. The smallest absolute Gasteiger partial charge is 0.290 e. The molecule has 49 heavy (non-hydrogen) atoms.